The van der Waals surface area contributed by atoms with Crippen molar-refractivity contribution in [3.05, 3.63) is 28.3 Å². The minimum atomic E-state index is -3.72. The minimum absolute atomic E-state index is 0.0320. The van der Waals surface area contributed by atoms with E-state index in [4.69, 9.17) is 21.8 Å². The van der Waals surface area contributed by atoms with E-state index in [-0.39, 0.29) is 21.0 Å². The predicted octanol–water partition coefficient (Wildman–Crippen LogP) is 1.11. The lowest BCUT2D eigenvalue weighted by Crippen LogP contribution is -2.13. The monoisotopic (exact) mass is 278 g/mol. The topological polar surface area (TPSA) is 91.7 Å². The summed E-state index contributed by atoms with van der Waals surface area (Å²) < 4.78 is 23.5. The van der Waals surface area contributed by atoms with Gasteiger partial charge in [0.05, 0.1) is 22.8 Å². The van der Waals surface area contributed by atoms with Crippen LogP contribution in [0.15, 0.2) is 17.0 Å². The molecule has 17 heavy (non-hydrogen) atoms. The third-order valence-electron chi connectivity index (χ3n) is 2.25. The van der Waals surface area contributed by atoms with Crippen LogP contribution in [0.3, 0.4) is 0 Å². The molecular weight excluding hydrogens is 268 g/mol. The van der Waals surface area contributed by atoms with E-state index >= 15 is 0 Å². The fraction of sp³-hybridized carbons (Fsp3) is 0.300. The number of carbonyl (C=O) groups is 1. The standard InChI is InChI=1S/C10H11ClO5S/c1-6-8(10(13)14)4-7(11)5-9(6)17(15,16)3-2-12/h4-5,12H,2-3H2,1H3,(H,13,14). The van der Waals surface area contributed by atoms with E-state index in [0.29, 0.717) is 0 Å². The molecule has 0 saturated carbocycles. The lowest BCUT2D eigenvalue weighted by Gasteiger charge is -2.09. The maximum absolute atomic E-state index is 11.8. The number of carboxylic acids is 1. The molecule has 0 atom stereocenters. The van der Waals surface area contributed by atoms with Crippen molar-refractivity contribution in [3.8, 4) is 0 Å². The van der Waals surface area contributed by atoms with Gasteiger partial charge in [0, 0.05) is 5.02 Å². The SMILES string of the molecule is Cc1c(C(=O)O)cc(Cl)cc1S(=O)(=O)CCO. The lowest BCUT2D eigenvalue weighted by molar-refractivity contribution is 0.0696. The summed E-state index contributed by atoms with van der Waals surface area (Å²) >= 11 is 5.68. The van der Waals surface area contributed by atoms with Gasteiger partial charge in [0.25, 0.3) is 0 Å². The first-order chi connectivity index (χ1) is 7.79. The lowest BCUT2D eigenvalue weighted by atomic mass is 10.1. The van der Waals surface area contributed by atoms with Gasteiger partial charge >= 0.3 is 5.97 Å². The van der Waals surface area contributed by atoms with E-state index in [2.05, 4.69) is 0 Å². The van der Waals surface area contributed by atoms with E-state index < -0.39 is 28.2 Å². The molecule has 0 aliphatic heterocycles. The van der Waals surface area contributed by atoms with Crippen LogP contribution in [0.5, 0.6) is 0 Å². The normalized spacial score (nSPS) is 11.5. The van der Waals surface area contributed by atoms with Crippen LogP contribution in [0, 0.1) is 6.92 Å². The second kappa shape index (κ2) is 5.03. The number of aromatic carboxylic acids is 1. The van der Waals surface area contributed by atoms with Crippen molar-refractivity contribution >= 4 is 27.4 Å². The van der Waals surface area contributed by atoms with Gasteiger partial charge in [-0.3, -0.25) is 0 Å². The molecule has 0 aromatic heterocycles. The van der Waals surface area contributed by atoms with Gasteiger partial charge in [-0.25, -0.2) is 13.2 Å². The highest BCUT2D eigenvalue weighted by atomic mass is 35.5. The molecule has 2 N–H and O–H groups in total. The van der Waals surface area contributed by atoms with Crippen LogP contribution in [-0.2, 0) is 9.84 Å². The highest BCUT2D eigenvalue weighted by molar-refractivity contribution is 7.91. The van der Waals surface area contributed by atoms with E-state index in [1.807, 2.05) is 0 Å². The molecule has 0 saturated heterocycles. The summed E-state index contributed by atoms with van der Waals surface area (Å²) in [5.41, 5.74) is -0.0376. The first kappa shape index (κ1) is 14.0. The third kappa shape index (κ3) is 2.96. The van der Waals surface area contributed by atoms with Crippen LogP contribution in [-0.4, -0.2) is 37.0 Å². The largest absolute Gasteiger partial charge is 0.478 e. The van der Waals surface area contributed by atoms with Crippen molar-refractivity contribution in [1.29, 1.82) is 0 Å². The number of hydrogen-bond acceptors (Lipinski definition) is 4. The van der Waals surface area contributed by atoms with Crippen molar-refractivity contribution in [1.82, 2.24) is 0 Å². The summed E-state index contributed by atoms with van der Waals surface area (Å²) in [4.78, 5) is 10.8. The Morgan fingerprint density at radius 2 is 2.00 bits per heavy atom. The number of carboxylic acid groups (broad SMARTS) is 1. The average Bonchev–Trinajstić information content (AvgIpc) is 2.20. The summed E-state index contributed by atoms with van der Waals surface area (Å²) in [5.74, 6) is -1.71. The Morgan fingerprint density at radius 3 is 2.47 bits per heavy atom. The number of benzene rings is 1. The molecule has 0 amide bonds. The second-order valence-electron chi connectivity index (χ2n) is 3.42. The molecule has 1 aromatic carbocycles. The van der Waals surface area contributed by atoms with Gasteiger partial charge in [0.15, 0.2) is 9.84 Å². The van der Waals surface area contributed by atoms with Crippen LogP contribution in [0.2, 0.25) is 5.02 Å². The molecule has 1 aromatic rings. The van der Waals surface area contributed by atoms with Crippen LogP contribution < -0.4 is 0 Å². The van der Waals surface area contributed by atoms with E-state index in [1.165, 1.54) is 19.1 Å². The van der Waals surface area contributed by atoms with Crippen molar-refractivity contribution < 1.29 is 23.4 Å². The van der Waals surface area contributed by atoms with Gasteiger partial charge in [-0.05, 0) is 24.6 Å². The zero-order chi connectivity index (χ0) is 13.2. The molecule has 0 fully saturated rings. The Balaban J connectivity index is 3.50. The number of aliphatic hydroxyl groups excluding tert-OH is 1. The quantitative estimate of drug-likeness (QED) is 0.861. The fourth-order valence-electron chi connectivity index (χ4n) is 1.43. The number of hydrogen-bond donors (Lipinski definition) is 2. The van der Waals surface area contributed by atoms with Gasteiger partial charge in [0.2, 0.25) is 0 Å². The van der Waals surface area contributed by atoms with Gasteiger partial charge in [0.1, 0.15) is 0 Å². The van der Waals surface area contributed by atoms with Gasteiger partial charge < -0.3 is 10.2 Å². The van der Waals surface area contributed by atoms with E-state index in [0.717, 1.165) is 0 Å². The highest BCUT2D eigenvalue weighted by Gasteiger charge is 2.21. The van der Waals surface area contributed by atoms with E-state index in [9.17, 15) is 13.2 Å². The molecule has 0 spiro atoms. The predicted molar refractivity (Wildman–Crippen MR) is 62.3 cm³/mol. The first-order valence-corrected chi connectivity index (χ1v) is 6.69. The molecule has 0 unspecified atom stereocenters. The molecule has 1 rings (SSSR count). The second-order valence-corrected chi connectivity index (χ2v) is 5.94. The maximum atomic E-state index is 11.8. The van der Waals surface area contributed by atoms with Gasteiger partial charge in [-0.1, -0.05) is 11.6 Å². The molecule has 0 radical (unpaired) electrons. The Morgan fingerprint density at radius 1 is 1.41 bits per heavy atom. The molecule has 0 aliphatic carbocycles. The molecule has 5 nitrogen and oxygen atoms in total. The van der Waals surface area contributed by atoms with Crippen LogP contribution in [0.1, 0.15) is 15.9 Å². The smallest absolute Gasteiger partial charge is 0.336 e. The number of rotatable bonds is 4. The van der Waals surface area contributed by atoms with Crippen LogP contribution >= 0.6 is 11.6 Å². The van der Waals surface area contributed by atoms with E-state index in [1.54, 1.807) is 0 Å². The van der Waals surface area contributed by atoms with Gasteiger partial charge in [-0.15, -0.1) is 0 Å². The number of aliphatic hydroxyl groups is 1. The Labute approximate surface area is 104 Å². The van der Waals surface area contributed by atoms with Crippen molar-refractivity contribution in [3.63, 3.8) is 0 Å². The summed E-state index contributed by atoms with van der Waals surface area (Å²) in [6.45, 7) is 0.862. The number of halogens is 1. The van der Waals surface area contributed by atoms with Gasteiger partial charge in [-0.2, -0.15) is 0 Å². The molecule has 0 aliphatic rings. The van der Waals surface area contributed by atoms with Crippen molar-refractivity contribution in [2.24, 2.45) is 0 Å². The average molecular weight is 279 g/mol. The highest BCUT2D eigenvalue weighted by Crippen LogP contribution is 2.25. The summed E-state index contributed by atoms with van der Waals surface area (Å²) in [6, 6.07) is 2.38. The third-order valence-corrected chi connectivity index (χ3v) is 4.28. The maximum Gasteiger partial charge on any atom is 0.336 e. The van der Waals surface area contributed by atoms with Crippen LogP contribution in [0.25, 0.3) is 0 Å². The molecular formula is C10H11ClO5S. The minimum Gasteiger partial charge on any atom is -0.478 e. The van der Waals surface area contributed by atoms with Crippen LogP contribution in [0.4, 0.5) is 0 Å². The zero-order valence-electron chi connectivity index (χ0n) is 8.97. The first-order valence-electron chi connectivity index (χ1n) is 4.66. The Bertz CT molecular complexity index is 550. The molecule has 7 heteroatoms. The fourth-order valence-corrected chi connectivity index (χ4v) is 3.06. The molecule has 0 bridgehead atoms. The Kier molecular flexibility index (Phi) is 4.13. The summed E-state index contributed by atoms with van der Waals surface area (Å²) in [5, 5.41) is 17.6. The number of sulfone groups is 1. The molecule has 94 valence electrons. The zero-order valence-corrected chi connectivity index (χ0v) is 10.5. The van der Waals surface area contributed by atoms with Crippen molar-refractivity contribution in [2.75, 3.05) is 12.4 Å². The molecule has 0 heterocycles. The summed E-state index contributed by atoms with van der Waals surface area (Å²) in [7, 11) is -3.72. The summed E-state index contributed by atoms with van der Waals surface area (Å²) in [6.07, 6.45) is 0. The van der Waals surface area contributed by atoms with Crippen molar-refractivity contribution in [2.45, 2.75) is 11.8 Å². The Hall–Kier alpha value is -1.11.